The highest BCUT2D eigenvalue weighted by molar-refractivity contribution is 4.81. The summed E-state index contributed by atoms with van der Waals surface area (Å²) in [5.41, 5.74) is -0.743. The van der Waals surface area contributed by atoms with Crippen LogP contribution in [-0.4, -0.2) is 22.6 Å². The Bertz CT molecular complexity index is 91.5. The van der Waals surface area contributed by atoms with E-state index in [0.29, 0.717) is 0 Å². The highest BCUT2D eigenvalue weighted by atomic mass is 17.1. The summed E-state index contributed by atoms with van der Waals surface area (Å²) in [5.74, 6) is 0. The van der Waals surface area contributed by atoms with Gasteiger partial charge in [-0.1, -0.05) is 19.3 Å². The van der Waals surface area contributed by atoms with Crippen LogP contribution in [0.3, 0.4) is 0 Å². The fourth-order valence-corrected chi connectivity index (χ4v) is 1.47. The molecule has 0 unspecified atom stereocenters. The van der Waals surface area contributed by atoms with Crippen molar-refractivity contribution in [2.75, 3.05) is 6.61 Å². The molecule has 0 atom stereocenters. The SMILES string of the molecule is OOCC1(O)CCCCC1. The lowest BCUT2D eigenvalue weighted by Crippen LogP contribution is -2.36. The Morgan fingerprint density at radius 2 is 1.80 bits per heavy atom. The molecule has 0 aliphatic heterocycles. The third kappa shape index (κ3) is 1.94. The number of hydrogen-bond donors (Lipinski definition) is 2. The molecule has 0 aromatic rings. The lowest BCUT2D eigenvalue weighted by molar-refractivity contribution is -0.275. The first-order valence-corrected chi connectivity index (χ1v) is 3.76. The summed E-state index contributed by atoms with van der Waals surface area (Å²) in [6.45, 7) is 0.0625. The minimum atomic E-state index is -0.743. The molecule has 1 fully saturated rings. The van der Waals surface area contributed by atoms with Gasteiger partial charge in [0.1, 0.15) is 6.61 Å². The normalized spacial score (nSPS) is 24.6. The second-order valence-corrected chi connectivity index (χ2v) is 3.06. The van der Waals surface area contributed by atoms with Gasteiger partial charge in [0, 0.05) is 0 Å². The summed E-state index contributed by atoms with van der Waals surface area (Å²) >= 11 is 0. The van der Waals surface area contributed by atoms with Crippen molar-refractivity contribution in [1.29, 1.82) is 0 Å². The van der Waals surface area contributed by atoms with E-state index in [-0.39, 0.29) is 6.61 Å². The molecule has 1 saturated carbocycles. The standard InChI is InChI=1S/C7H14O3/c8-7(6-10-9)4-2-1-3-5-7/h8-9H,1-6H2. The molecule has 1 rings (SSSR count). The zero-order chi connectivity index (χ0) is 7.45. The van der Waals surface area contributed by atoms with E-state index in [9.17, 15) is 5.11 Å². The van der Waals surface area contributed by atoms with Crippen LogP contribution in [0.15, 0.2) is 0 Å². The van der Waals surface area contributed by atoms with Crippen LogP contribution < -0.4 is 0 Å². The quantitative estimate of drug-likeness (QED) is 0.454. The van der Waals surface area contributed by atoms with Gasteiger partial charge in [0.25, 0.3) is 0 Å². The van der Waals surface area contributed by atoms with Gasteiger partial charge in [-0.2, -0.15) is 0 Å². The molecule has 2 N–H and O–H groups in total. The van der Waals surface area contributed by atoms with Gasteiger partial charge in [-0.15, -0.1) is 0 Å². The Kier molecular flexibility index (Phi) is 2.65. The van der Waals surface area contributed by atoms with Crippen LogP contribution in [0, 0.1) is 0 Å². The van der Waals surface area contributed by atoms with Crippen LogP contribution in [0.1, 0.15) is 32.1 Å². The predicted molar refractivity (Wildman–Crippen MR) is 36.6 cm³/mol. The molecule has 60 valence electrons. The Morgan fingerprint density at radius 3 is 2.30 bits per heavy atom. The molecule has 3 nitrogen and oxygen atoms in total. The van der Waals surface area contributed by atoms with Gasteiger partial charge in [-0.25, -0.2) is 4.89 Å². The van der Waals surface area contributed by atoms with E-state index in [1.165, 1.54) is 6.42 Å². The van der Waals surface area contributed by atoms with Crippen LogP contribution in [0.4, 0.5) is 0 Å². The lowest BCUT2D eigenvalue weighted by Gasteiger charge is -2.30. The van der Waals surface area contributed by atoms with E-state index >= 15 is 0 Å². The first-order chi connectivity index (χ1) is 4.77. The Labute approximate surface area is 60.6 Å². The monoisotopic (exact) mass is 146 g/mol. The lowest BCUT2D eigenvalue weighted by atomic mass is 9.86. The van der Waals surface area contributed by atoms with E-state index in [1.807, 2.05) is 0 Å². The summed E-state index contributed by atoms with van der Waals surface area (Å²) in [4.78, 5) is 3.93. The molecule has 1 aliphatic carbocycles. The molecular formula is C7H14O3. The number of rotatable bonds is 2. The van der Waals surface area contributed by atoms with Gasteiger partial charge in [-0.3, -0.25) is 5.26 Å². The molecule has 0 spiro atoms. The predicted octanol–water partition coefficient (Wildman–Crippen LogP) is 1.17. The van der Waals surface area contributed by atoms with Gasteiger partial charge in [0.05, 0.1) is 5.60 Å². The van der Waals surface area contributed by atoms with Crippen molar-refractivity contribution in [2.24, 2.45) is 0 Å². The molecule has 0 heterocycles. The van der Waals surface area contributed by atoms with Crippen molar-refractivity contribution in [3.63, 3.8) is 0 Å². The zero-order valence-electron chi connectivity index (χ0n) is 6.05. The largest absolute Gasteiger partial charge is 0.387 e. The van der Waals surface area contributed by atoms with E-state index < -0.39 is 5.60 Å². The van der Waals surface area contributed by atoms with Crippen LogP contribution in [0.25, 0.3) is 0 Å². The van der Waals surface area contributed by atoms with Crippen LogP contribution >= 0.6 is 0 Å². The fraction of sp³-hybridized carbons (Fsp3) is 1.00. The molecule has 0 amide bonds. The van der Waals surface area contributed by atoms with Crippen LogP contribution in [-0.2, 0) is 4.89 Å². The highest BCUT2D eigenvalue weighted by Gasteiger charge is 2.29. The Morgan fingerprint density at radius 1 is 1.20 bits per heavy atom. The maximum Gasteiger partial charge on any atom is 0.111 e. The van der Waals surface area contributed by atoms with E-state index in [0.717, 1.165) is 25.7 Å². The average molecular weight is 146 g/mol. The van der Waals surface area contributed by atoms with Crippen LogP contribution in [0.2, 0.25) is 0 Å². The fourth-order valence-electron chi connectivity index (χ4n) is 1.47. The molecule has 3 heteroatoms. The molecule has 1 aliphatic rings. The van der Waals surface area contributed by atoms with Crippen LogP contribution in [0.5, 0.6) is 0 Å². The second kappa shape index (κ2) is 3.32. The van der Waals surface area contributed by atoms with E-state index in [4.69, 9.17) is 5.26 Å². The van der Waals surface area contributed by atoms with Crippen molar-refractivity contribution in [2.45, 2.75) is 37.7 Å². The average Bonchev–Trinajstić information content (AvgIpc) is 1.89. The second-order valence-electron chi connectivity index (χ2n) is 3.06. The van der Waals surface area contributed by atoms with Gasteiger partial charge < -0.3 is 5.11 Å². The van der Waals surface area contributed by atoms with Gasteiger partial charge in [-0.05, 0) is 12.8 Å². The maximum absolute atomic E-state index is 9.59. The third-order valence-electron chi connectivity index (χ3n) is 2.12. The zero-order valence-corrected chi connectivity index (χ0v) is 6.05. The molecule has 0 bridgehead atoms. The van der Waals surface area contributed by atoms with Crippen molar-refractivity contribution in [3.8, 4) is 0 Å². The van der Waals surface area contributed by atoms with Crippen molar-refractivity contribution in [3.05, 3.63) is 0 Å². The van der Waals surface area contributed by atoms with Crippen molar-refractivity contribution < 1.29 is 15.3 Å². The minimum Gasteiger partial charge on any atom is -0.387 e. The molecular weight excluding hydrogens is 132 g/mol. The molecule has 0 saturated heterocycles. The Hall–Kier alpha value is -0.120. The van der Waals surface area contributed by atoms with Gasteiger partial charge in [0.2, 0.25) is 0 Å². The molecule has 0 aromatic heterocycles. The topological polar surface area (TPSA) is 49.7 Å². The number of aliphatic hydroxyl groups is 1. The minimum absolute atomic E-state index is 0.0625. The highest BCUT2D eigenvalue weighted by Crippen LogP contribution is 2.27. The maximum atomic E-state index is 9.59. The van der Waals surface area contributed by atoms with E-state index in [2.05, 4.69) is 4.89 Å². The van der Waals surface area contributed by atoms with Gasteiger partial charge in [0.15, 0.2) is 0 Å². The first-order valence-electron chi connectivity index (χ1n) is 3.76. The molecule has 0 radical (unpaired) electrons. The summed E-state index contributed by atoms with van der Waals surface area (Å²) < 4.78 is 0. The van der Waals surface area contributed by atoms with Crippen molar-refractivity contribution in [1.82, 2.24) is 0 Å². The summed E-state index contributed by atoms with van der Waals surface area (Å²) in [5, 5.41) is 17.7. The van der Waals surface area contributed by atoms with Crippen molar-refractivity contribution >= 4 is 0 Å². The molecule has 10 heavy (non-hydrogen) atoms. The van der Waals surface area contributed by atoms with Gasteiger partial charge >= 0.3 is 0 Å². The third-order valence-corrected chi connectivity index (χ3v) is 2.12. The summed E-state index contributed by atoms with van der Waals surface area (Å²) in [7, 11) is 0. The summed E-state index contributed by atoms with van der Waals surface area (Å²) in [6, 6.07) is 0. The summed E-state index contributed by atoms with van der Waals surface area (Å²) in [6.07, 6.45) is 4.79. The number of hydrogen-bond acceptors (Lipinski definition) is 3. The Balaban J connectivity index is 2.32. The smallest absolute Gasteiger partial charge is 0.111 e. The van der Waals surface area contributed by atoms with E-state index in [1.54, 1.807) is 0 Å². The first kappa shape index (κ1) is 7.98. The molecule has 0 aromatic carbocycles.